The number of carboxylic acid groups (broad SMARTS) is 1. The molecule has 0 amide bonds. The van der Waals surface area contributed by atoms with E-state index in [0.717, 1.165) is 79.8 Å². The van der Waals surface area contributed by atoms with E-state index < -0.39 is 5.97 Å². The van der Waals surface area contributed by atoms with E-state index in [2.05, 4.69) is 9.89 Å². The molecule has 2 fully saturated rings. The van der Waals surface area contributed by atoms with Gasteiger partial charge in [-0.25, -0.2) is 9.18 Å². The lowest BCUT2D eigenvalue weighted by atomic mass is 9.92. The van der Waals surface area contributed by atoms with Gasteiger partial charge in [-0.05, 0) is 81.5 Å². The highest BCUT2D eigenvalue weighted by atomic mass is 19.1. The quantitative estimate of drug-likeness (QED) is 0.661. The molecule has 0 bridgehead atoms. The number of aliphatic imine (C=N–C) groups is 1. The zero-order valence-electron chi connectivity index (χ0n) is 18.8. The maximum atomic E-state index is 13.7. The minimum atomic E-state index is -1.05. The zero-order chi connectivity index (χ0) is 22.3. The Labute approximate surface area is 179 Å². The molecule has 0 spiro atoms. The Bertz CT molecular complexity index is 809. The number of benzene rings is 1. The fourth-order valence-corrected chi connectivity index (χ4v) is 4.28. The minimum absolute atomic E-state index is 0.0467. The highest BCUT2D eigenvalue weighted by Gasteiger charge is 2.23. The summed E-state index contributed by atoms with van der Waals surface area (Å²) >= 11 is 0. The third-order valence-corrected chi connectivity index (χ3v) is 6.23. The summed E-state index contributed by atoms with van der Waals surface area (Å²) in [5, 5.41) is 9.10. The SMILES string of the molecule is CC.Cc1c(F)ccc(N2CCC(CCN=C3CCC/C3=C(/N)C(=O)O)CC2)c1C. The molecule has 0 unspecified atom stereocenters. The summed E-state index contributed by atoms with van der Waals surface area (Å²) in [5.41, 5.74) is 10.2. The molecule has 3 rings (SSSR count). The number of hydrogen-bond donors (Lipinski definition) is 2. The van der Waals surface area contributed by atoms with Crippen LogP contribution in [0.15, 0.2) is 28.4 Å². The number of carboxylic acids is 1. The van der Waals surface area contributed by atoms with E-state index in [-0.39, 0.29) is 11.5 Å². The van der Waals surface area contributed by atoms with Gasteiger partial charge in [0.2, 0.25) is 0 Å². The van der Waals surface area contributed by atoms with E-state index in [1.54, 1.807) is 6.07 Å². The maximum Gasteiger partial charge on any atom is 0.352 e. The summed E-state index contributed by atoms with van der Waals surface area (Å²) in [4.78, 5) is 18.1. The summed E-state index contributed by atoms with van der Waals surface area (Å²) in [7, 11) is 0. The van der Waals surface area contributed by atoms with Crippen LogP contribution in [0.3, 0.4) is 0 Å². The summed E-state index contributed by atoms with van der Waals surface area (Å²) in [5.74, 6) is -0.574. The van der Waals surface area contributed by atoms with Gasteiger partial charge in [0.25, 0.3) is 0 Å². The van der Waals surface area contributed by atoms with Gasteiger partial charge in [0.1, 0.15) is 11.5 Å². The van der Waals surface area contributed by atoms with Gasteiger partial charge in [0.15, 0.2) is 0 Å². The average Bonchev–Trinajstić information content (AvgIpc) is 3.22. The van der Waals surface area contributed by atoms with Gasteiger partial charge in [-0.2, -0.15) is 0 Å². The number of aliphatic carboxylic acids is 1. The van der Waals surface area contributed by atoms with E-state index in [9.17, 15) is 9.18 Å². The van der Waals surface area contributed by atoms with Crippen molar-refractivity contribution in [3.05, 3.63) is 40.3 Å². The Morgan fingerprint density at radius 1 is 1.20 bits per heavy atom. The van der Waals surface area contributed by atoms with Crippen molar-refractivity contribution in [2.75, 3.05) is 24.5 Å². The van der Waals surface area contributed by atoms with Crippen LogP contribution in [-0.2, 0) is 4.79 Å². The first-order valence-electron chi connectivity index (χ1n) is 11.1. The van der Waals surface area contributed by atoms with Gasteiger partial charge >= 0.3 is 5.97 Å². The molecule has 1 aliphatic carbocycles. The van der Waals surface area contributed by atoms with Crippen LogP contribution >= 0.6 is 0 Å². The van der Waals surface area contributed by atoms with Crippen LogP contribution in [0.1, 0.15) is 63.5 Å². The number of halogens is 1. The average molecular weight is 418 g/mol. The number of carbonyl (C=O) groups is 1. The molecule has 30 heavy (non-hydrogen) atoms. The molecule has 0 radical (unpaired) electrons. The maximum absolute atomic E-state index is 13.7. The molecule has 166 valence electrons. The second-order valence-electron chi connectivity index (χ2n) is 7.91. The number of anilines is 1. The first-order valence-corrected chi connectivity index (χ1v) is 11.1. The number of nitrogens with two attached hydrogens (primary N) is 1. The zero-order valence-corrected chi connectivity index (χ0v) is 18.8. The van der Waals surface area contributed by atoms with Gasteiger partial charge in [-0.15, -0.1) is 0 Å². The molecule has 5 nitrogen and oxygen atoms in total. The van der Waals surface area contributed by atoms with Gasteiger partial charge in [0.05, 0.1) is 0 Å². The molecule has 1 aromatic rings. The van der Waals surface area contributed by atoms with Crippen molar-refractivity contribution in [1.82, 2.24) is 0 Å². The second kappa shape index (κ2) is 11.1. The van der Waals surface area contributed by atoms with Crippen molar-refractivity contribution >= 4 is 17.4 Å². The molecule has 6 heteroatoms. The van der Waals surface area contributed by atoms with Crippen LogP contribution in [0.5, 0.6) is 0 Å². The van der Waals surface area contributed by atoms with Gasteiger partial charge in [-0.1, -0.05) is 13.8 Å². The van der Waals surface area contributed by atoms with E-state index >= 15 is 0 Å². The Balaban J connectivity index is 0.00000155. The lowest BCUT2D eigenvalue weighted by molar-refractivity contribution is -0.132. The van der Waals surface area contributed by atoms with Crippen LogP contribution in [-0.4, -0.2) is 36.4 Å². The van der Waals surface area contributed by atoms with Crippen LogP contribution in [0.4, 0.5) is 10.1 Å². The first-order chi connectivity index (χ1) is 14.4. The predicted molar refractivity (Wildman–Crippen MR) is 122 cm³/mol. The highest BCUT2D eigenvalue weighted by molar-refractivity contribution is 6.07. The van der Waals surface area contributed by atoms with Crippen molar-refractivity contribution in [3.8, 4) is 0 Å². The molecule has 1 aromatic carbocycles. The predicted octanol–water partition coefficient (Wildman–Crippen LogP) is 5.00. The largest absolute Gasteiger partial charge is 0.477 e. The minimum Gasteiger partial charge on any atom is -0.477 e. The van der Waals surface area contributed by atoms with Crippen LogP contribution < -0.4 is 10.6 Å². The van der Waals surface area contributed by atoms with Gasteiger partial charge in [-0.3, -0.25) is 4.99 Å². The van der Waals surface area contributed by atoms with Crippen molar-refractivity contribution in [2.45, 2.75) is 66.2 Å². The molecule has 1 aliphatic heterocycles. The normalized spacial score (nSPS) is 20.2. The number of nitrogens with zero attached hydrogens (tertiary/aromatic N) is 2. The fourth-order valence-electron chi connectivity index (χ4n) is 4.28. The number of hydrogen-bond acceptors (Lipinski definition) is 4. The Morgan fingerprint density at radius 3 is 2.50 bits per heavy atom. The van der Waals surface area contributed by atoms with Crippen LogP contribution in [0.2, 0.25) is 0 Å². The van der Waals surface area contributed by atoms with Gasteiger partial charge in [0, 0.05) is 36.6 Å². The summed E-state index contributed by atoms with van der Waals surface area (Å²) in [6.07, 6.45) is 5.67. The molecule has 2 aliphatic rings. The molecule has 0 atom stereocenters. The third-order valence-electron chi connectivity index (χ3n) is 6.23. The van der Waals surface area contributed by atoms with Crippen LogP contribution in [0, 0.1) is 25.6 Å². The first kappa shape index (κ1) is 23.9. The van der Waals surface area contributed by atoms with E-state index in [1.165, 1.54) is 0 Å². The Morgan fingerprint density at radius 2 is 1.87 bits per heavy atom. The van der Waals surface area contributed by atoms with E-state index in [0.29, 0.717) is 12.3 Å². The van der Waals surface area contributed by atoms with Crippen molar-refractivity contribution in [2.24, 2.45) is 16.6 Å². The van der Waals surface area contributed by atoms with Gasteiger partial charge < -0.3 is 15.7 Å². The Kier molecular flexibility index (Phi) is 8.88. The summed E-state index contributed by atoms with van der Waals surface area (Å²) in [6.45, 7) is 10.5. The number of piperidine rings is 1. The second-order valence-corrected chi connectivity index (χ2v) is 7.91. The lowest BCUT2D eigenvalue weighted by Gasteiger charge is -2.34. The Hall–Kier alpha value is -2.37. The smallest absolute Gasteiger partial charge is 0.352 e. The van der Waals surface area contributed by atoms with Crippen molar-refractivity contribution in [3.63, 3.8) is 0 Å². The number of rotatable bonds is 5. The molecule has 0 aromatic heterocycles. The summed E-state index contributed by atoms with van der Waals surface area (Å²) in [6, 6.07) is 3.46. The third kappa shape index (κ3) is 5.61. The molecule has 1 saturated carbocycles. The standard InChI is InChI=1S/C22H30FN3O2.C2H6/c1-14-15(2)20(7-6-18(14)23)26-12-9-16(10-13-26)8-11-25-19-5-3-4-17(19)21(24)22(27)28;1-2/h6-7,16H,3-5,8-13,24H2,1-2H3,(H,27,28);1-2H3/b21-17-,25-19?;. The molecular weight excluding hydrogens is 381 g/mol. The van der Waals surface area contributed by atoms with Crippen LogP contribution in [0.25, 0.3) is 0 Å². The highest BCUT2D eigenvalue weighted by Crippen LogP contribution is 2.30. The summed E-state index contributed by atoms with van der Waals surface area (Å²) < 4.78 is 13.7. The molecule has 1 heterocycles. The van der Waals surface area contributed by atoms with Crippen molar-refractivity contribution in [1.29, 1.82) is 0 Å². The monoisotopic (exact) mass is 417 g/mol. The lowest BCUT2D eigenvalue weighted by Crippen LogP contribution is -2.34. The molecule has 1 saturated heterocycles. The fraction of sp³-hybridized carbons (Fsp3) is 0.583. The molecular formula is C24H36FN3O2. The number of allylic oxidation sites excluding steroid dienone is 1. The topological polar surface area (TPSA) is 78.9 Å². The van der Waals surface area contributed by atoms with E-state index in [4.69, 9.17) is 10.8 Å². The van der Waals surface area contributed by atoms with E-state index in [1.807, 2.05) is 33.8 Å². The molecule has 3 N–H and O–H groups in total. The van der Waals surface area contributed by atoms with Crippen molar-refractivity contribution < 1.29 is 14.3 Å².